The zero-order valence-electron chi connectivity index (χ0n) is 29.9. The molecule has 252 valence electrons. The van der Waals surface area contributed by atoms with E-state index < -0.39 is 24.5 Å². The van der Waals surface area contributed by atoms with Crippen LogP contribution in [0.3, 0.4) is 0 Å². The van der Waals surface area contributed by atoms with Crippen molar-refractivity contribution in [3.63, 3.8) is 0 Å². The predicted octanol–water partition coefficient (Wildman–Crippen LogP) is 10.8. The molecule has 5 heteroatoms. The first kappa shape index (κ1) is 36.9. The van der Waals surface area contributed by atoms with Gasteiger partial charge in [0.15, 0.2) is 0 Å². The number of benzene rings is 5. The maximum Gasteiger partial charge on any atom is 0.218 e. The van der Waals surface area contributed by atoms with E-state index in [-0.39, 0.29) is 5.73 Å². The van der Waals surface area contributed by atoms with Crippen LogP contribution in [0.4, 0.5) is 0 Å². The highest BCUT2D eigenvalue weighted by atomic mass is 79.9. The summed E-state index contributed by atoms with van der Waals surface area (Å²) in [6.45, 7) is 14.6. The van der Waals surface area contributed by atoms with E-state index in [4.69, 9.17) is 4.43 Å². The summed E-state index contributed by atoms with van der Waals surface area (Å²) in [5.41, 5.74) is 4.49. The summed E-state index contributed by atoms with van der Waals surface area (Å²) in [4.78, 5) is 0. The largest absolute Gasteiger partial charge is 0.412 e. The average Bonchev–Trinajstić information content (AvgIpc) is 3.11. The van der Waals surface area contributed by atoms with Crippen molar-refractivity contribution in [2.45, 2.75) is 63.4 Å². The van der Waals surface area contributed by atoms with Crippen LogP contribution in [0.15, 0.2) is 156 Å². The van der Waals surface area contributed by atoms with Crippen molar-refractivity contribution >= 4 is 68.1 Å². The standard InChI is InChI=1S/C44H51BrOSi3/c1-47(2,40-25-13-8-14-26-40)43(38-23-11-7-12-24-38)31-19-21-36-33-37(35-39(45)34-36)22-20-32-44(48(3,4)41-27-15-9-16-28-41)46-49(5,6)42-29-17-10-18-30-42/h7-30,33-35,43-44H,31-32H2,1-6H3/b21-19-,22-20-. The molecule has 0 heterocycles. The zero-order chi connectivity index (χ0) is 34.9. The van der Waals surface area contributed by atoms with Crippen LogP contribution in [0.1, 0.15) is 35.1 Å². The highest BCUT2D eigenvalue weighted by Crippen LogP contribution is 2.31. The lowest BCUT2D eigenvalue weighted by molar-refractivity contribution is 0.271. The van der Waals surface area contributed by atoms with E-state index in [1.54, 1.807) is 0 Å². The minimum absolute atomic E-state index is 0.159. The summed E-state index contributed by atoms with van der Waals surface area (Å²) in [6.07, 6.45) is 11.2. The van der Waals surface area contributed by atoms with Gasteiger partial charge in [0.25, 0.3) is 0 Å². The molecule has 1 nitrogen and oxygen atoms in total. The van der Waals surface area contributed by atoms with Crippen molar-refractivity contribution in [2.75, 3.05) is 0 Å². The fourth-order valence-electron chi connectivity index (χ4n) is 6.90. The zero-order valence-corrected chi connectivity index (χ0v) is 34.5. The monoisotopic (exact) mass is 758 g/mol. The molecule has 0 radical (unpaired) electrons. The molecule has 0 N–H and O–H groups in total. The SMILES string of the molecule is C[Si](C)(OC(C/C=C\c1cc(Br)cc(/C=C\CC(c2ccccc2)[Si](C)(C)c2ccccc2)c1)[Si](C)(C)c1ccccc1)c1ccccc1. The predicted molar refractivity (Wildman–Crippen MR) is 226 cm³/mol. The molecule has 0 aromatic heterocycles. The molecule has 0 aliphatic heterocycles. The Kier molecular flexibility index (Phi) is 12.5. The third-order valence-electron chi connectivity index (χ3n) is 10.1. The minimum atomic E-state index is -2.13. The van der Waals surface area contributed by atoms with Crippen LogP contribution >= 0.6 is 15.9 Å². The van der Waals surface area contributed by atoms with Gasteiger partial charge in [-0.1, -0.05) is 198 Å². The van der Waals surface area contributed by atoms with Crippen molar-refractivity contribution < 1.29 is 4.43 Å². The molecule has 2 unspecified atom stereocenters. The van der Waals surface area contributed by atoms with Gasteiger partial charge in [-0.3, -0.25) is 0 Å². The quantitative estimate of drug-likeness (QED) is 0.102. The van der Waals surface area contributed by atoms with Crippen LogP contribution in [0.25, 0.3) is 12.2 Å². The molecule has 0 spiro atoms. The Morgan fingerprint density at radius 2 is 0.959 bits per heavy atom. The molecule has 0 amide bonds. The lowest BCUT2D eigenvalue weighted by Crippen LogP contribution is -2.59. The number of hydrogen-bond acceptors (Lipinski definition) is 1. The van der Waals surface area contributed by atoms with E-state index in [1.807, 2.05) is 0 Å². The summed E-state index contributed by atoms with van der Waals surface area (Å²) in [6, 6.07) is 50.8. The smallest absolute Gasteiger partial charge is 0.218 e. The Morgan fingerprint density at radius 1 is 0.531 bits per heavy atom. The fourth-order valence-corrected chi connectivity index (χ4v) is 16.8. The molecule has 0 fully saturated rings. The molecule has 0 bridgehead atoms. The van der Waals surface area contributed by atoms with E-state index in [9.17, 15) is 0 Å². The topological polar surface area (TPSA) is 9.23 Å². The van der Waals surface area contributed by atoms with Crippen molar-refractivity contribution in [3.8, 4) is 0 Å². The van der Waals surface area contributed by atoms with Crippen LogP contribution in [-0.4, -0.2) is 30.2 Å². The van der Waals surface area contributed by atoms with Gasteiger partial charge in [-0.25, -0.2) is 0 Å². The highest BCUT2D eigenvalue weighted by molar-refractivity contribution is 9.10. The van der Waals surface area contributed by atoms with Crippen LogP contribution < -0.4 is 15.6 Å². The second-order valence-electron chi connectivity index (χ2n) is 14.7. The number of rotatable bonds is 14. The first-order valence-electron chi connectivity index (χ1n) is 17.5. The summed E-state index contributed by atoms with van der Waals surface area (Å²) in [5, 5.41) is 4.28. The normalized spacial score (nSPS) is 13.9. The van der Waals surface area contributed by atoms with Crippen LogP contribution in [0.5, 0.6) is 0 Å². The maximum atomic E-state index is 7.23. The van der Waals surface area contributed by atoms with Gasteiger partial charge >= 0.3 is 0 Å². The van der Waals surface area contributed by atoms with Crippen molar-refractivity contribution in [2.24, 2.45) is 0 Å². The molecule has 0 aliphatic rings. The molecular formula is C44H51BrOSi3. The second-order valence-corrected chi connectivity index (χ2v) is 28.8. The fraction of sp³-hybridized carbons (Fsp3) is 0.227. The van der Waals surface area contributed by atoms with Gasteiger partial charge in [0, 0.05) is 10.2 Å². The average molecular weight is 760 g/mol. The number of allylic oxidation sites excluding steroid dienone is 1. The lowest BCUT2D eigenvalue weighted by atomic mass is 10.1. The van der Waals surface area contributed by atoms with Gasteiger partial charge < -0.3 is 4.43 Å². The minimum Gasteiger partial charge on any atom is -0.412 e. The van der Waals surface area contributed by atoms with Gasteiger partial charge in [0.1, 0.15) is 8.07 Å². The van der Waals surface area contributed by atoms with Crippen molar-refractivity contribution in [1.29, 1.82) is 0 Å². The van der Waals surface area contributed by atoms with Crippen LogP contribution in [0, 0.1) is 0 Å². The summed E-state index contributed by atoms with van der Waals surface area (Å²) in [7, 11) is -5.89. The Balaban J connectivity index is 1.36. The molecule has 0 aliphatic carbocycles. The van der Waals surface area contributed by atoms with E-state index in [1.165, 1.54) is 32.3 Å². The molecule has 0 saturated carbocycles. The Labute approximate surface area is 307 Å². The maximum absolute atomic E-state index is 7.23. The van der Waals surface area contributed by atoms with Crippen molar-refractivity contribution in [1.82, 2.24) is 0 Å². The second kappa shape index (κ2) is 16.6. The van der Waals surface area contributed by atoms with E-state index in [0.29, 0.717) is 5.54 Å². The van der Waals surface area contributed by atoms with Gasteiger partial charge in [-0.2, -0.15) is 0 Å². The number of halogens is 1. The lowest BCUT2D eigenvalue weighted by Gasteiger charge is -2.38. The molecule has 49 heavy (non-hydrogen) atoms. The van der Waals surface area contributed by atoms with Crippen LogP contribution in [-0.2, 0) is 4.43 Å². The van der Waals surface area contributed by atoms with Crippen LogP contribution in [0.2, 0.25) is 39.3 Å². The van der Waals surface area contributed by atoms with E-state index >= 15 is 0 Å². The number of hydrogen-bond donors (Lipinski definition) is 0. The summed E-state index contributed by atoms with van der Waals surface area (Å²) >= 11 is 3.81. The molecule has 5 aromatic carbocycles. The van der Waals surface area contributed by atoms with Crippen molar-refractivity contribution in [3.05, 3.63) is 173 Å². The third-order valence-corrected chi connectivity index (χ3v) is 21.3. The molecule has 2 atom stereocenters. The first-order valence-corrected chi connectivity index (χ1v) is 27.4. The van der Waals surface area contributed by atoms with E-state index in [0.717, 1.165) is 17.3 Å². The Hall–Kier alpha value is -3.33. The molecule has 5 rings (SSSR count). The third kappa shape index (κ3) is 9.68. The molecule has 0 saturated heterocycles. The van der Waals surface area contributed by atoms with E-state index in [2.05, 4.69) is 219 Å². The first-order chi connectivity index (χ1) is 23.5. The summed E-state index contributed by atoms with van der Waals surface area (Å²) in [5.74, 6) is 0. The van der Waals surface area contributed by atoms with Gasteiger partial charge in [0.2, 0.25) is 8.32 Å². The van der Waals surface area contributed by atoms with Gasteiger partial charge in [-0.05, 0) is 71.6 Å². The molecule has 5 aromatic rings. The highest BCUT2D eigenvalue weighted by Gasteiger charge is 2.39. The van der Waals surface area contributed by atoms with Gasteiger partial charge in [0.05, 0.1) is 8.07 Å². The Bertz CT molecular complexity index is 1820. The van der Waals surface area contributed by atoms with Gasteiger partial charge in [-0.15, -0.1) is 0 Å². The Morgan fingerprint density at radius 3 is 1.47 bits per heavy atom. The molecular weight excluding hydrogens is 709 g/mol. The summed E-state index contributed by atoms with van der Waals surface area (Å²) < 4.78 is 8.33.